The van der Waals surface area contributed by atoms with E-state index in [0.29, 0.717) is 69.7 Å². The van der Waals surface area contributed by atoms with Crippen molar-refractivity contribution in [1.82, 2.24) is 15.5 Å². The van der Waals surface area contributed by atoms with Gasteiger partial charge in [0.25, 0.3) is 0 Å². The first kappa shape index (κ1) is 29.9. The molecule has 224 valence electrons. The van der Waals surface area contributed by atoms with E-state index >= 15 is 0 Å². The number of rotatable bonds is 5. The summed E-state index contributed by atoms with van der Waals surface area (Å²) in [5, 5.41) is 9.24. The Morgan fingerprint density at radius 2 is 1.86 bits per heavy atom. The normalized spacial score (nSPS) is 25.7. The summed E-state index contributed by atoms with van der Waals surface area (Å²) in [6.07, 6.45) is 7.87. The van der Waals surface area contributed by atoms with Crippen molar-refractivity contribution in [3.05, 3.63) is 77.6 Å². The first-order chi connectivity index (χ1) is 20.3. The largest absolute Gasteiger partial charge is 0.381 e. The van der Waals surface area contributed by atoms with E-state index in [1.54, 1.807) is 19.1 Å². The van der Waals surface area contributed by atoms with Crippen LogP contribution in [0.4, 0.5) is 10.1 Å². The Morgan fingerprint density at radius 3 is 2.64 bits per heavy atom. The molecule has 3 aliphatic rings. The van der Waals surface area contributed by atoms with Crippen molar-refractivity contribution in [3.8, 4) is 0 Å². The average molecular weight is 577 g/mol. The molecule has 42 heavy (non-hydrogen) atoms. The molecule has 2 fully saturated rings. The predicted octanol–water partition coefficient (Wildman–Crippen LogP) is 3.75. The van der Waals surface area contributed by atoms with Gasteiger partial charge in [0, 0.05) is 50.0 Å². The van der Waals surface area contributed by atoms with Crippen LogP contribution < -0.4 is 16.0 Å². The van der Waals surface area contributed by atoms with Gasteiger partial charge in [-0.1, -0.05) is 48.6 Å². The van der Waals surface area contributed by atoms with E-state index in [1.807, 2.05) is 30.3 Å². The summed E-state index contributed by atoms with van der Waals surface area (Å²) in [7, 11) is 0. The van der Waals surface area contributed by atoms with Gasteiger partial charge in [-0.05, 0) is 62.6 Å². The van der Waals surface area contributed by atoms with Gasteiger partial charge in [0.2, 0.25) is 17.7 Å². The molecule has 0 saturated carbocycles. The summed E-state index contributed by atoms with van der Waals surface area (Å²) in [5.74, 6) is -0.712. The lowest BCUT2D eigenvalue weighted by atomic mass is 9.75. The van der Waals surface area contributed by atoms with E-state index in [0.717, 1.165) is 12.0 Å². The molecule has 8 nitrogen and oxygen atoms in total. The number of nitrogens with one attached hydrogen (secondary N) is 3. The van der Waals surface area contributed by atoms with Crippen molar-refractivity contribution in [2.24, 2.45) is 11.3 Å². The number of hydrogen-bond donors (Lipinski definition) is 3. The number of benzene rings is 2. The molecule has 3 atom stereocenters. The lowest BCUT2D eigenvalue weighted by Crippen LogP contribution is -2.58. The number of piperidine rings is 1. The van der Waals surface area contributed by atoms with Gasteiger partial charge in [-0.2, -0.15) is 0 Å². The molecule has 3 aliphatic heterocycles. The van der Waals surface area contributed by atoms with Gasteiger partial charge in [0.15, 0.2) is 0 Å². The number of nitrogens with zero attached hydrogens (tertiary/aromatic N) is 1. The number of hydrogen-bond acceptors (Lipinski definition) is 5. The van der Waals surface area contributed by atoms with E-state index in [2.05, 4.69) is 33.0 Å². The van der Waals surface area contributed by atoms with Crippen LogP contribution in [0.25, 0.3) is 0 Å². The number of amides is 3. The van der Waals surface area contributed by atoms with Crippen molar-refractivity contribution in [2.75, 3.05) is 38.2 Å². The minimum absolute atomic E-state index is 0.0847. The molecular formula is C33H41FN4O4. The summed E-state index contributed by atoms with van der Waals surface area (Å²) in [6.45, 7) is 4.15. The number of halogens is 1. The van der Waals surface area contributed by atoms with Crippen LogP contribution in [0, 0.1) is 24.1 Å². The molecule has 3 heterocycles. The lowest BCUT2D eigenvalue weighted by molar-refractivity contribution is -0.140. The quantitative estimate of drug-likeness (QED) is 0.471. The fraction of sp³-hybridized carbons (Fsp3) is 0.485. The second-order valence-corrected chi connectivity index (χ2v) is 11.9. The number of carbonyl (C=O) groups is 3. The van der Waals surface area contributed by atoms with Crippen LogP contribution in [-0.2, 0) is 25.5 Å². The molecule has 5 rings (SSSR count). The van der Waals surface area contributed by atoms with Gasteiger partial charge in [-0.3, -0.25) is 19.3 Å². The Balaban J connectivity index is 1.31. The van der Waals surface area contributed by atoms with Crippen LogP contribution in [0.2, 0.25) is 0 Å². The highest BCUT2D eigenvalue weighted by Crippen LogP contribution is 2.36. The van der Waals surface area contributed by atoms with Crippen LogP contribution in [0.3, 0.4) is 0 Å². The molecule has 0 unspecified atom stereocenters. The summed E-state index contributed by atoms with van der Waals surface area (Å²) >= 11 is 0. The Bertz CT molecular complexity index is 1290. The Labute approximate surface area is 247 Å². The van der Waals surface area contributed by atoms with Crippen LogP contribution >= 0.6 is 0 Å². The highest BCUT2D eigenvalue weighted by Gasteiger charge is 2.41. The van der Waals surface area contributed by atoms with Gasteiger partial charge in [0.1, 0.15) is 11.9 Å². The zero-order valence-corrected chi connectivity index (χ0v) is 24.2. The fourth-order valence-corrected chi connectivity index (χ4v) is 6.34. The van der Waals surface area contributed by atoms with Crippen LogP contribution in [0.15, 0.2) is 60.7 Å². The Morgan fingerprint density at radius 1 is 1.07 bits per heavy atom. The molecule has 9 heteroatoms. The molecule has 0 bridgehead atoms. The minimum atomic E-state index is -0.693. The number of ether oxygens (including phenoxy) is 1. The summed E-state index contributed by atoms with van der Waals surface area (Å²) in [6, 6.07) is 13.6. The molecular weight excluding hydrogens is 535 g/mol. The maximum Gasteiger partial charge on any atom is 0.243 e. The number of likely N-dealkylation sites (tertiary alicyclic amines) is 1. The maximum absolute atomic E-state index is 13.9. The van der Waals surface area contributed by atoms with Gasteiger partial charge >= 0.3 is 0 Å². The van der Waals surface area contributed by atoms with Crippen molar-refractivity contribution in [3.63, 3.8) is 0 Å². The number of allylic oxidation sites excluding steroid dienone is 2. The third-order valence-corrected chi connectivity index (χ3v) is 9.00. The Kier molecular flexibility index (Phi) is 9.69. The predicted molar refractivity (Wildman–Crippen MR) is 159 cm³/mol. The van der Waals surface area contributed by atoms with Crippen molar-refractivity contribution < 1.29 is 23.5 Å². The SMILES string of the molecule is Cc1c(F)cccc1NC(=O)CN1CC[C@H]2NC(=O)[C@@H](Cc3ccccc3)NC(=O)C3(C/C=C/C[C@H]2C1)CCOCC3. The van der Waals surface area contributed by atoms with Gasteiger partial charge in [-0.25, -0.2) is 4.39 Å². The van der Waals surface area contributed by atoms with E-state index in [1.165, 1.54) is 6.07 Å². The topological polar surface area (TPSA) is 99.8 Å². The van der Waals surface area contributed by atoms with E-state index in [-0.39, 0.29) is 42.0 Å². The Hall–Kier alpha value is -3.56. The molecule has 3 amide bonds. The molecule has 1 spiro atoms. The summed E-state index contributed by atoms with van der Waals surface area (Å²) in [5.41, 5.74) is 1.27. The zero-order chi connectivity index (χ0) is 29.5. The van der Waals surface area contributed by atoms with Gasteiger partial charge in [0.05, 0.1) is 12.0 Å². The molecule has 2 aromatic carbocycles. The smallest absolute Gasteiger partial charge is 0.243 e. The molecule has 2 aromatic rings. The first-order valence-electron chi connectivity index (χ1n) is 15.0. The zero-order valence-electron chi connectivity index (χ0n) is 24.2. The van der Waals surface area contributed by atoms with Crippen molar-refractivity contribution in [2.45, 2.75) is 57.5 Å². The third-order valence-electron chi connectivity index (χ3n) is 9.00. The highest BCUT2D eigenvalue weighted by atomic mass is 19.1. The van der Waals surface area contributed by atoms with Crippen LogP contribution in [-0.4, -0.2) is 67.6 Å². The maximum atomic E-state index is 13.9. The summed E-state index contributed by atoms with van der Waals surface area (Å²) in [4.78, 5) is 42.4. The van der Waals surface area contributed by atoms with E-state index in [4.69, 9.17) is 4.74 Å². The molecule has 0 radical (unpaired) electrons. The average Bonchev–Trinajstić information content (AvgIpc) is 2.99. The van der Waals surface area contributed by atoms with E-state index < -0.39 is 11.5 Å². The monoisotopic (exact) mass is 576 g/mol. The van der Waals surface area contributed by atoms with Gasteiger partial charge in [-0.15, -0.1) is 0 Å². The number of anilines is 1. The fourth-order valence-electron chi connectivity index (χ4n) is 6.34. The van der Waals surface area contributed by atoms with Crippen LogP contribution in [0.1, 0.15) is 43.2 Å². The van der Waals surface area contributed by atoms with Gasteiger partial charge < -0.3 is 20.7 Å². The number of fused-ring (bicyclic) bond motifs is 1. The van der Waals surface area contributed by atoms with Crippen LogP contribution in [0.5, 0.6) is 0 Å². The van der Waals surface area contributed by atoms with E-state index in [9.17, 15) is 18.8 Å². The second-order valence-electron chi connectivity index (χ2n) is 11.9. The number of carbonyl (C=O) groups excluding carboxylic acids is 3. The second kappa shape index (κ2) is 13.6. The minimum Gasteiger partial charge on any atom is -0.381 e. The molecule has 0 aliphatic carbocycles. The van der Waals surface area contributed by atoms with Crippen molar-refractivity contribution in [1.29, 1.82) is 0 Å². The molecule has 3 N–H and O–H groups in total. The molecule has 0 aromatic heterocycles. The first-order valence-corrected chi connectivity index (χ1v) is 15.0. The summed E-state index contributed by atoms with van der Waals surface area (Å²) < 4.78 is 19.5. The standard InChI is InChI=1S/C33H41FN4O4/c1-23-26(34)11-7-12-27(23)35-30(39)22-38-17-13-28-25(21-38)10-5-6-14-33(15-18-42-19-16-33)32(41)37-29(31(40)36-28)20-24-8-3-2-4-9-24/h2-9,11-12,25,28-29H,10,13-22H2,1H3,(H,35,39)(H,36,40)(H,37,41)/b6-5+/t25-,28+,29+/m0/s1. The van der Waals surface area contributed by atoms with Crippen molar-refractivity contribution >= 4 is 23.4 Å². The molecule has 2 saturated heterocycles. The third kappa shape index (κ3) is 7.25. The highest BCUT2D eigenvalue weighted by molar-refractivity contribution is 5.93. The lowest BCUT2D eigenvalue weighted by Gasteiger charge is -2.40.